The van der Waals surface area contributed by atoms with E-state index >= 15 is 0 Å². The second-order valence-corrected chi connectivity index (χ2v) is 8.02. The van der Waals surface area contributed by atoms with E-state index in [-0.39, 0.29) is 30.2 Å². The molecule has 0 atom stereocenters. The van der Waals surface area contributed by atoms with Crippen LogP contribution in [0.25, 0.3) is 0 Å². The van der Waals surface area contributed by atoms with Crippen LogP contribution in [-0.4, -0.2) is 34.6 Å². The van der Waals surface area contributed by atoms with Gasteiger partial charge >= 0.3 is 0 Å². The van der Waals surface area contributed by atoms with Crippen LogP contribution in [0.3, 0.4) is 0 Å². The van der Waals surface area contributed by atoms with E-state index in [1.54, 1.807) is 31.2 Å². The first-order valence-corrected chi connectivity index (χ1v) is 11.5. The van der Waals surface area contributed by atoms with Crippen molar-refractivity contribution in [2.75, 3.05) is 18.1 Å². The maximum Gasteiger partial charge on any atom is 0.254 e. The molecule has 0 radical (unpaired) electrons. The van der Waals surface area contributed by atoms with Crippen molar-refractivity contribution in [2.45, 2.75) is 31.3 Å². The number of benzene rings is 2. The number of aromatic nitrogens is 2. The Bertz CT molecular complexity index is 1150. The number of anilines is 1. The fourth-order valence-corrected chi connectivity index (χ4v) is 3.70. The molecule has 0 spiro atoms. The average Bonchev–Trinajstić information content (AvgIpc) is 2.79. The van der Waals surface area contributed by atoms with Gasteiger partial charge in [-0.15, -0.1) is 0 Å². The first-order chi connectivity index (χ1) is 15.5. The third-order valence-electron chi connectivity index (χ3n) is 4.98. The lowest BCUT2D eigenvalue weighted by molar-refractivity contribution is -0.116. The molecule has 32 heavy (non-hydrogen) atoms. The van der Waals surface area contributed by atoms with E-state index in [4.69, 9.17) is 0 Å². The molecule has 3 N–H and O–H groups in total. The van der Waals surface area contributed by atoms with E-state index < -0.39 is 0 Å². The van der Waals surface area contributed by atoms with Gasteiger partial charge in [0.05, 0.1) is 11.3 Å². The molecule has 0 aliphatic carbocycles. The van der Waals surface area contributed by atoms with Crippen LogP contribution in [0.2, 0.25) is 0 Å². The summed E-state index contributed by atoms with van der Waals surface area (Å²) >= 11 is 1.36. The van der Waals surface area contributed by atoms with E-state index in [9.17, 15) is 14.4 Å². The maximum absolute atomic E-state index is 12.6. The zero-order chi connectivity index (χ0) is 22.9. The molecule has 0 bridgehead atoms. The summed E-state index contributed by atoms with van der Waals surface area (Å²) in [5.41, 5.74) is 2.85. The zero-order valence-corrected chi connectivity index (χ0v) is 18.9. The van der Waals surface area contributed by atoms with Crippen LogP contribution >= 0.6 is 11.8 Å². The summed E-state index contributed by atoms with van der Waals surface area (Å²) in [5, 5.41) is 6.24. The number of carbonyl (C=O) groups excluding carboxylic acids is 2. The number of nitrogens with one attached hydrogen (secondary N) is 3. The normalized spacial score (nSPS) is 10.6. The fourth-order valence-electron chi connectivity index (χ4n) is 3.28. The van der Waals surface area contributed by atoms with E-state index in [2.05, 4.69) is 20.6 Å². The molecule has 8 heteroatoms. The third-order valence-corrected chi connectivity index (χ3v) is 5.56. The van der Waals surface area contributed by atoms with Crippen LogP contribution in [-0.2, 0) is 17.6 Å². The number of nitrogens with zero attached hydrogens (tertiary/aromatic N) is 1. The number of rotatable bonds is 9. The molecule has 3 rings (SSSR count). The van der Waals surface area contributed by atoms with Crippen molar-refractivity contribution in [3.8, 4) is 0 Å². The Kier molecular flexibility index (Phi) is 8.21. The third kappa shape index (κ3) is 6.31. The maximum atomic E-state index is 12.6. The van der Waals surface area contributed by atoms with Crippen molar-refractivity contribution >= 4 is 29.3 Å². The highest BCUT2D eigenvalue weighted by Gasteiger charge is 2.14. The van der Waals surface area contributed by atoms with Gasteiger partial charge < -0.3 is 15.6 Å². The number of aryl methyl sites for hydroxylation is 1. The first kappa shape index (κ1) is 23.3. The number of hydrogen-bond donors (Lipinski definition) is 3. The standard InChI is InChI=1S/C24H26N4O3S/c1-16-18(23(31)28-24(26-16)32-2)12-13-21(29)27-20-11-7-6-10-19(20)22(30)25-15-14-17-8-4-3-5-9-17/h3-11H,12-15H2,1-2H3,(H,25,30)(H,27,29)(H,26,28,31). The molecule has 0 unspecified atom stereocenters. The number of amides is 2. The first-order valence-electron chi connectivity index (χ1n) is 10.3. The summed E-state index contributed by atoms with van der Waals surface area (Å²) in [7, 11) is 0. The number of carbonyl (C=O) groups is 2. The topological polar surface area (TPSA) is 104 Å². The van der Waals surface area contributed by atoms with Crippen molar-refractivity contribution in [2.24, 2.45) is 0 Å². The molecule has 3 aromatic rings. The van der Waals surface area contributed by atoms with Crippen molar-refractivity contribution in [1.82, 2.24) is 15.3 Å². The molecule has 0 saturated heterocycles. The second kappa shape index (κ2) is 11.3. The highest BCUT2D eigenvalue weighted by atomic mass is 32.2. The quantitative estimate of drug-likeness (QED) is 0.343. The Morgan fingerprint density at radius 2 is 1.75 bits per heavy atom. The Morgan fingerprint density at radius 1 is 1.03 bits per heavy atom. The zero-order valence-electron chi connectivity index (χ0n) is 18.1. The predicted molar refractivity (Wildman–Crippen MR) is 127 cm³/mol. The summed E-state index contributed by atoms with van der Waals surface area (Å²) in [6, 6.07) is 16.8. The van der Waals surface area contributed by atoms with Gasteiger partial charge in [-0.2, -0.15) is 0 Å². The number of para-hydroxylation sites is 1. The summed E-state index contributed by atoms with van der Waals surface area (Å²) in [6.45, 7) is 2.25. The minimum atomic E-state index is -0.276. The highest BCUT2D eigenvalue weighted by molar-refractivity contribution is 7.98. The predicted octanol–water partition coefficient (Wildman–Crippen LogP) is 3.34. The molecule has 7 nitrogen and oxygen atoms in total. The number of H-pyrrole nitrogens is 1. The van der Waals surface area contributed by atoms with Gasteiger partial charge in [-0.25, -0.2) is 4.98 Å². The van der Waals surface area contributed by atoms with Gasteiger partial charge in [0.15, 0.2) is 5.16 Å². The molecule has 166 valence electrons. The monoisotopic (exact) mass is 450 g/mol. The molecule has 0 aliphatic heterocycles. The van der Waals surface area contributed by atoms with E-state index in [1.165, 1.54) is 11.8 Å². The molecule has 0 fully saturated rings. The SMILES string of the molecule is CSc1nc(C)c(CCC(=O)Nc2ccccc2C(=O)NCCc2ccccc2)c(=O)[nH]1. The van der Waals surface area contributed by atoms with E-state index in [0.29, 0.717) is 34.2 Å². The van der Waals surface area contributed by atoms with Crippen LogP contribution in [0.5, 0.6) is 0 Å². The number of thioether (sulfide) groups is 1. The van der Waals surface area contributed by atoms with Gasteiger partial charge in [-0.05, 0) is 43.7 Å². The molecule has 0 saturated carbocycles. The van der Waals surface area contributed by atoms with Crippen molar-refractivity contribution in [3.05, 3.63) is 87.3 Å². The van der Waals surface area contributed by atoms with Crippen LogP contribution < -0.4 is 16.2 Å². The fraction of sp³-hybridized carbons (Fsp3) is 0.250. The minimum Gasteiger partial charge on any atom is -0.352 e. The van der Waals surface area contributed by atoms with Gasteiger partial charge in [0.2, 0.25) is 5.91 Å². The van der Waals surface area contributed by atoms with Gasteiger partial charge in [-0.1, -0.05) is 54.2 Å². The molecular formula is C24H26N4O3S. The summed E-state index contributed by atoms with van der Waals surface area (Å²) < 4.78 is 0. The van der Waals surface area contributed by atoms with Crippen molar-refractivity contribution in [3.63, 3.8) is 0 Å². The molecule has 2 amide bonds. The number of aromatic amines is 1. The highest BCUT2D eigenvalue weighted by Crippen LogP contribution is 2.16. The second-order valence-electron chi connectivity index (χ2n) is 7.22. The molecule has 1 heterocycles. The molecule has 2 aromatic carbocycles. The lowest BCUT2D eigenvalue weighted by Crippen LogP contribution is -2.27. The Labute approximate surface area is 191 Å². The van der Waals surface area contributed by atoms with E-state index in [1.807, 2.05) is 36.6 Å². The number of hydrogen-bond acceptors (Lipinski definition) is 5. The van der Waals surface area contributed by atoms with Gasteiger partial charge in [0.1, 0.15) is 0 Å². The Balaban J connectivity index is 1.59. The molecule has 1 aromatic heterocycles. The summed E-state index contributed by atoms with van der Waals surface area (Å²) in [6.07, 6.45) is 2.92. The van der Waals surface area contributed by atoms with Gasteiger partial charge in [0.25, 0.3) is 11.5 Å². The van der Waals surface area contributed by atoms with Crippen LogP contribution in [0.4, 0.5) is 5.69 Å². The lowest BCUT2D eigenvalue weighted by atomic mass is 10.1. The van der Waals surface area contributed by atoms with Crippen molar-refractivity contribution in [1.29, 1.82) is 0 Å². The van der Waals surface area contributed by atoms with Crippen LogP contribution in [0.15, 0.2) is 64.5 Å². The summed E-state index contributed by atoms with van der Waals surface area (Å²) in [4.78, 5) is 44.4. The lowest BCUT2D eigenvalue weighted by Gasteiger charge is -2.12. The largest absolute Gasteiger partial charge is 0.352 e. The average molecular weight is 451 g/mol. The van der Waals surface area contributed by atoms with Crippen LogP contribution in [0.1, 0.15) is 33.6 Å². The Hall–Kier alpha value is -3.39. The summed E-state index contributed by atoms with van der Waals surface area (Å²) in [5.74, 6) is -0.525. The Morgan fingerprint density at radius 3 is 2.47 bits per heavy atom. The van der Waals surface area contributed by atoms with Gasteiger partial charge in [-0.3, -0.25) is 14.4 Å². The van der Waals surface area contributed by atoms with Crippen LogP contribution in [0, 0.1) is 6.92 Å². The minimum absolute atomic E-state index is 0.105. The van der Waals surface area contributed by atoms with E-state index in [0.717, 1.165) is 12.0 Å². The van der Waals surface area contributed by atoms with Crippen molar-refractivity contribution < 1.29 is 9.59 Å². The molecular weight excluding hydrogens is 424 g/mol. The smallest absolute Gasteiger partial charge is 0.254 e. The van der Waals surface area contributed by atoms with Gasteiger partial charge in [0, 0.05) is 24.2 Å². The molecule has 0 aliphatic rings.